The maximum absolute atomic E-state index is 13.0. The highest BCUT2D eigenvalue weighted by atomic mass is 35.5. The number of anilines is 1. The Kier molecular flexibility index (Phi) is 6.21. The van der Waals surface area contributed by atoms with E-state index in [-0.39, 0.29) is 39.9 Å². The maximum Gasteiger partial charge on any atom is 0.246 e. The molecule has 3 aromatic rings. The number of aromatic nitrogens is 1. The van der Waals surface area contributed by atoms with Crippen molar-refractivity contribution in [3.63, 3.8) is 0 Å². The molecule has 1 fully saturated rings. The second kappa shape index (κ2) is 8.74. The number of hydrogen-bond donors (Lipinski definition) is 1. The zero-order valence-electron chi connectivity index (χ0n) is 16.8. The zero-order chi connectivity index (χ0) is 22.2. The van der Waals surface area contributed by atoms with E-state index < -0.39 is 10.0 Å². The average Bonchev–Trinajstić information content (AvgIpc) is 2.75. The number of pyridine rings is 1. The Morgan fingerprint density at radius 2 is 1.74 bits per heavy atom. The molecule has 162 valence electrons. The van der Waals surface area contributed by atoms with Gasteiger partial charge in [-0.25, -0.2) is 8.42 Å². The van der Waals surface area contributed by atoms with Gasteiger partial charge in [0.15, 0.2) is 0 Å². The summed E-state index contributed by atoms with van der Waals surface area (Å²) < 4.78 is 27.4. The van der Waals surface area contributed by atoms with Crippen molar-refractivity contribution in [2.24, 2.45) is 5.92 Å². The van der Waals surface area contributed by atoms with Gasteiger partial charge in [-0.3, -0.25) is 9.78 Å². The molecule has 1 aliphatic rings. The van der Waals surface area contributed by atoms with Crippen molar-refractivity contribution < 1.29 is 13.2 Å². The number of nitrogens with zero attached hydrogens (tertiary/aromatic N) is 2. The van der Waals surface area contributed by atoms with E-state index >= 15 is 0 Å². The Bertz CT molecular complexity index is 1240. The quantitative estimate of drug-likeness (QED) is 0.579. The summed E-state index contributed by atoms with van der Waals surface area (Å²) in [5.41, 5.74) is 2.58. The first-order valence-electron chi connectivity index (χ1n) is 9.88. The molecule has 2 aromatic carbocycles. The van der Waals surface area contributed by atoms with E-state index in [0.29, 0.717) is 18.5 Å². The van der Waals surface area contributed by atoms with Gasteiger partial charge in [-0.2, -0.15) is 4.31 Å². The number of nitrogens with one attached hydrogen (secondary N) is 1. The predicted octanol–water partition coefficient (Wildman–Crippen LogP) is 4.89. The molecule has 0 saturated carbocycles. The van der Waals surface area contributed by atoms with Gasteiger partial charge in [0, 0.05) is 30.6 Å². The lowest BCUT2D eigenvalue weighted by molar-refractivity contribution is -0.120. The van der Waals surface area contributed by atoms with Crippen LogP contribution < -0.4 is 5.32 Å². The number of benzene rings is 2. The third-order valence-electron chi connectivity index (χ3n) is 5.57. The molecule has 0 unspecified atom stereocenters. The van der Waals surface area contributed by atoms with Crippen LogP contribution in [0.4, 0.5) is 5.69 Å². The smallest absolute Gasteiger partial charge is 0.246 e. The molecule has 1 aliphatic heterocycles. The molecule has 4 rings (SSSR count). The fourth-order valence-electron chi connectivity index (χ4n) is 3.87. The highest BCUT2D eigenvalue weighted by Crippen LogP contribution is 2.34. The Labute approximate surface area is 191 Å². The Morgan fingerprint density at radius 1 is 1.06 bits per heavy atom. The van der Waals surface area contributed by atoms with Crippen LogP contribution in [0.2, 0.25) is 10.0 Å². The Balaban J connectivity index is 1.47. The number of fused-ring (bicyclic) bond motifs is 1. The van der Waals surface area contributed by atoms with E-state index in [1.165, 1.54) is 16.4 Å². The number of amides is 1. The van der Waals surface area contributed by atoms with Crippen molar-refractivity contribution in [3.05, 3.63) is 64.3 Å². The van der Waals surface area contributed by atoms with Gasteiger partial charge in [0.1, 0.15) is 4.90 Å². The fraction of sp³-hybridized carbons (Fsp3) is 0.273. The largest absolute Gasteiger partial charge is 0.325 e. The summed E-state index contributed by atoms with van der Waals surface area (Å²) in [6, 6.07) is 12.2. The van der Waals surface area contributed by atoms with Crippen molar-refractivity contribution in [2.75, 3.05) is 18.4 Å². The highest BCUT2D eigenvalue weighted by molar-refractivity contribution is 7.89. The first-order chi connectivity index (χ1) is 14.8. The van der Waals surface area contributed by atoms with E-state index in [4.69, 9.17) is 23.2 Å². The minimum Gasteiger partial charge on any atom is -0.325 e. The van der Waals surface area contributed by atoms with Crippen molar-refractivity contribution in [1.29, 1.82) is 0 Å². The minimum absolute atomic E-state index is 0.0835. The molecule has 0 bridgehead atoms. The lowest BCUT2D eigenvalue weighted by Crippen LogP contribution is -2.41. The minimum atomic E-state index is -3.84. The van der Waals surface area contributed by atoms with Gasteiger partial charge in [-0.05, 0) is 55.7 Å². The van der Waals surface area contributed by atoms with Gasteiger partial charge in [-0.15, -0.1) is 0 Å². The van der Waals surface area contributed by atoms with Gasteiger partial charge in [0.25, 0.3) is 0 Å². The maximum atomic E-state index is 13.0. The number of halogens is 2. The number of aryl methyl sites for hydroxylation is 1. The summed E-state index contributed by atoms with van der Waals surface area (Å²) in [5, 5.41) is 4.06. The summed E-state index contributed by atoms with van der Waals surface area (Å²) in [5.74, 6) is -0.414. The lowest BCUT2D eigenvalue weighted by Gasteiger charge is -2.31. The van der Waals surface area contributed by atoms with Crippen molar-refractivity contribution in [1.82, 2.24) is 9.29 Å². The molecule has 0 radical (unpaired) electrons. The van der Waals surface area contributed by atoms with Crippen molar-refractivity contribution in [2.45, 2.75) is 24.7 Å². The SMILES string of the molecule is Cc1ccc(NC(=O)C2CCN(S(=O)(=O)c3c(Cl)cccc3Cl)CC2)c2cccnc12. The average molecular weight is 478 g/mol. The Morgan fingerprint density at radius 3 is 2.42 bits per heavy atom. The molecule has 2 heterocycles. The normalized spacial score (nSPS) is 15.8. The molecule has 1 N–H and O–H groups in total. The second-order valence-electron chi connectivity index (χ2n) is 7.55. The molecule has 1 aromatic heterocycles. The summed E-state index contributed by atoms with van der Waals surface area (Å²) in [7, 11) is -3.84. The number of carbonyl (C=O) groups excluding carboxylic acids is 1. The van der Waals surface area contributed by atoms with Crippen LogP contribution in [0, 0.1) is 12.8 Å². The molecule has 1 saturated heterocycles. The summed E-state index contributed by atoms with van der Waals surface area (Å²) in [6.45, 7) is 2.42. The number of piperidine rings is 1. The molecular weight excluding hydrogens is 457 g/mol. The van der Waals surface area contributed by atoms with Crippen LogP contribution in [0.5, 0.6) is 0 Å². The monoisotopic (exact) mass is 477 g/mol. The number of sulfonamides is 1. The molecule has 9 heteroatoms. The number of hydrogen-bond acceptors (Lipinski definition) is 4. The Hall–Kier alpha value is -2.19. The molecular formula is C22H21Cl2N3O3S. The van der Waals surface area contributed by atoms with Crippen LogP contribution in [0.1, 0.15) is 18.4 Å². The van der Waals surface area contributed by atoms with Gasteiger partial charge in [-0.1, -0.05) is 35.3 Å². The van der Waals surface area contributed by atoms with Crippen LogP contribution in [-0.2, 0) is 14.8 Å². The van der Waals surface area contributed by atoms with E-state index in [9.17, 15) is 13.2 Å². The van der Waals surface area contributed by atoms with Crippen LogP contribution in [0.3, 0.4) is 0 Å². The molecule has 6 nitrogen and oxygen atoms in total. The van der Waals surface area contributed by atoms with Gasteiger partial charge in [0.2, 0.25) is 15.9 Å². The lowest BCUT2D eigenvalue weighted by atomic mass is 9.97. The van der Waals surface area contributed by atoms with Gasteiger partial charge >= 0.3 is 0 Å². The molecule has 0 spiro atoms. The van der Waals surface area contributed by atoms with Crippen LogP contribution in [0.15, 0.2) is 53.6 Å². The van der Waals surface area contributed by atoms with E-state index in [1.807, 2.05) is 31.2 Å². The number of rotatable bonds is 4. The van der Waals surface area contributed by atoms with Gasteiger partial charge < -0.3 is 5.32 Å². The number of carbonyl (C=O) groups is 1. The van der Waals surface area contributed by atoms with Crippen molar-refractivity contribution >= 4 is 55.7 Å². The summed E-state index contributed by atoms with van der Waals surface area (Å²) in [4.78, 5) is 17.2. The van der Waals surface area contributed by atoms with Gasteiger partial charge in [0.05, 0.1) is 21.2 Å². The topological polar surface area (TPSA) is 79.4 Å². The van der Waals surface area contributed by atoms with Crippen LogP contribution in [-0.4, -0.2) is 36.7 Å². The van der Waals surface area contributed by atoms with E-state index in [1.54, 1.807) is 12.3 Å². The van der Waals surface area contributed by atoms with E-state index in [0.717, 1.165) is 16.5 Å². The highest BCUT2D eigenvalue weighted by Gasteiger charge is 2.34. The molecule has 1 amide bonds. The summed E-state index contributed by atoms with van der Waals surface area (Å²) >= 11 is 12.2. The summed E-state index contributed by atoms with van der Waals surface area (Å²) in [6.07, 6.45) is 2.55. The van der Waals surface area contributed by atoms with Crippen molar-refractivity contribution in [3.8, 4) is 0 Å². The molecule has 0 aliphatic carbocycles. The fourth-order valence-corrected chi connectivity index (χ4v) is 6.44. The first kappa shape index (κ1) is 22.0. The zero-order valence-corrected chi connectivity index (χ0v) is 19.1. The predicted molar refractivity (Wildman–Crippen MR) is 123 cm³/mol. The van der Waals surface area contributed by atoms with Crippen LogP contribution >= 0.6 is 23.2 Å². The second-order valence-corrected chi connectivity index (χ2v) is 10.2. The third-order valence-corrected chi connectivity index (χ3v) is 8.43. The molecule has 31 heavy (non-hydrogen) atoms. The van der Waals surface area contributed by atoms with E-state index in [2.05, 4.69) is 10.3 Å². The standard InChI is InChI=1S/C22H21Cl2N3O3S/c1-14-7-8-19(16-4-3-11-25-20(14)16)26-22(28)15-9-12-27(13-10-15)31(29,30)21-17(23)5-2-6-18(21)24/h2-8,11,15H,9-10,12-13H2,1H3,(H,26,28). The van der Waals surface area contributed by atoms with Crippen LogP contribution in [0.25, 0.3) is 10.9 Å². The first-order valence-corrected chi connectivity index (χ1v) is 12.1. The third kappa shape index (κ3) is 4.28. The molecule has 0 atom stereocenters.